The molecule has 158 valence electrons. The van der Waals surface area contributed by atoms with Crippen molar-refractivity contribution in [2.45, 2.75) is 84.5 Å². The maximum Gasteiger partial charge on any atom is 0.252 e. The minimum Gasteiger partial charge on any atom is -0.508 e. The van der Waals surface area contributed by atoms with Crippen LogP contribution in [-0.4, -0.2) is 27.8 Å². The zero-order chi connectivity index (χ0) is 20.9. The molecule has 0 bridgehead atoms. The lowest BCUT2D eigenvalue weighted by Gasteiger charge is -2.67. The van der Waals surface area contributed by atoms with Gasteiger partial charge in [0.25, 0.3) is 5.91 Å². The number of rotatable bonds is 0. The van der Waals surface area contributed by atoms with Crippen LogP contribution in [0.1, 0.15) is 87.8 Å². The first-order valence-electron chi connectivity index (χ1n) is 11.1. The maximum absolute atomic E-state index is 12.4. The number of carbonyl (C=O) groups is 1. The first kappa shape index (κ1) is 19.2. The Kier molecular flexibility index (Phi) is 3.77. The number of phenols is 1. The smallest absolute Gasteiger partial charge is 0.252 e. The molecule has 0 radical (unpaired) electrons. The van der Waals surface area contributed by atoms with E-state index in [0.717, 1.165) is 49.0 Å². The van der Waals surface area contributed by atoms with Crippen molar-refractivity contribution in [3.05, 3.63) is 22.8 Å². The van der Waals surface area contributed by atoms with Crippen molar-refractivity contribution in [3.8, 4) is 11.5 Å². The van der Waals surface area contributed by atoms with Crippen molar-refractivity contribution >= 4 is 5.91 Å². The Morgan fingerprint density at radius 2 is 1.90 bits per heavy atom. The first-order valence-corrected chi connectivity index (χ1v) is 11.1. The van der Waals surface area contributed by atoms with Crippen molar-refractivity contribution in [1.82, 2.24) is 5.32 Å². The summed E-state index contributed by atoms with van der Waals surface area (Å²) >= 11 is 0. The molecule has 1 amide bonds. The van der Waals surface area contributed by atoms with Gasteiger partial charge in [0.15, 0.2) is 0 Å². The van der Waals surface area contributed by atoms with Gasteiger partial charge < -0.3 is 20.3 Å². The summed E-state index contributed by atoms with van der Waals surface area (Å²) in [6, 6.07) is 1.49. The van der Waals surface area contributed by atoms with E-state index < -0.39 is 5.60 Å². The van der Waals surface area contributed by atoms with Gasteiger partial charge in [-0.05, 0) is 56.4 Å². The Balaban J connectivity index is 1.75. The van der Waals surface area contributed by atoms with Crippen molar-refractivity contribution < 1.29 is 19.7 Å². The summed E-state index contributed by atoms with van der Waals surface area (Å²) in [6.45, 7) is 11.0. The van der Waals surface area contributed by atoms with Gasteiger partial charge in [-0.15, -0.1) is 0 Å². The number of hydrogen-bond acceptors (Lipinski definition) is 4. The number of aromatic hydroxyl groups is 1. The van der Waals surface area contributed by atoms with Crippen molar-refractivity contribution in [3.63, 3.8) is 0 Å². The molecule has 1 spiro atoms. The third-order valence-electron chi connectivity index (χ3n) is 9.30. The number of nitrogens with one attached hydrogen (secondary N) is 1. The molecule has 5 rings (SSSR count). The van der Waals surface area contributed by atoms with E-state index >= 15 is 0 Å². The van der Waals surface area contributed by atoms with E-state index in [2.05, 4.69) is 33.0 Å². The van der Waals surface area contributed by atoms with E-state index in [1.54, 1.807) is 6.07 Å². The Morgan fingerprint density at radius 3 is 2.62 bits per heavy atom. The highest BCUT2D eigenvalue weighted by molar-refractivity contribution is 6.00. The van der Waals surface area contributed by atoms with Crippen LogP contribution >= 0.6 is 0 Å². The van der Waals surface area contributed by atoms with Gasteiger partial charge in [-0.25, -0.2) is 0 Å². The zero-order valence-electron chi connectivity index (χ0n) is 18.1. The van der Waals surface area contributed by atoms with Crippen molar-refractivity contribution in [2.24, 2.45) is 22.7 Å². The summed E-state index contributed by atoms with van der Waals surface area (Å²) in [5.74, 6) is 1.42. The molecule has 2 aliphatic carbocycles. The molecular weight excluding hydrogens is 366 g/mol. The van der Waals surface area contributed by atoms with E-state index in [0.29, 0.717) is 11.5 Å². The number of aliphatic hydroxyl groups excluding tert-OH is 1. The second-order valence-electron chi connectivity index (χ2n) is 10.9. The highest BCUT2D eigenvalue weighted by atomic mass is 16.5. The molecule has 29 heavy (non-hydrogen) atoms. The van der Waals surface area contributed by atoms with E-state index in [-0.39, 0.29) is 40.6 Å². The second-order valence-corrected chi connectivity index (χ2v) is 10.9. The van der Waals surface area contributed by atoms with Gasteiger partial charge in [-0.1, -0.05) is 27.7 Å². The number of hydrogen-bond donors (Lipinski definition) is 3. The second kappa shape index (κ2) is 5.69. The lowest BCUT2D eigenvalue weighted by atomic mass is 9.43. The third kappa shape index (κ3) is 2.17. The Labute approximate surface area is 172 Å². The first-order chi connectivity index (χ1) is 13.5. The summed E-state index contributed by atoms with van der Waals surface area (Å²) in [5, 5.41) is 24.7. The molecule has 5 nitrogen and oxygen atoms in total. The monoisotopic (exact) mass is 399 g/mol. The highest BCUT2D eigenvalue weighted by Crippen LogP contribution is 2.67. The number of amides is 1. The fourth-order valence-corrected chi connectivity index (χ4v) is 7.24. The predicted octanol–water partition coefficient (Wildman–Crippen LogP) is 4.10. The topological polar surface area (TPSA) is 78.8 Å². The van der Waals surface area contributed by atoms with E-state index in [1.807, 2.05) is 6.92 Å². The van der Waals surface area contributed by atoms with Crippen LogP contribution in [0.25, 0.3) is 0 Å². The Bertz CT molecular complexity index is 909. The summed E-state index contributed by atoms with van der Waals surface area (Å²) in [6.07, 6.45) is 4.06. The van der Waals surface area contributed by atoms with Crippen molar-refractivity contribution in [1.29, 1.82) is 0 Å². The molecule has 0 aromatic heterocycles. The molecule has 4 aliphatic rings. The molecule has 2 aliphatic heterocycles. The normalized spacial score (nSPS) is 42.1. The third-order valence-corrected chi connectivity index (χ3v) is 9.30. The number of aliphatic hydroxyl groups is 1. The standard InChI is InChI=1S/C24H33NO4/c1-12-6-7-17-22(3,4)18(27)8-9-24(17)23(12,5)11-15-16(26)10-14-19(20(15)29-24)13(2)25-21(14)28/h10,12-13,17-18,26-27H,6-9,11H2,1-5H3,(H,25,28)/t12-,13-,17-,18-,23+,24-/m0/s1. The number of benzene rings is 1. The highest BCUT2D eigenvalue weighted by Gasteiger charge is 2.68. The van der Waals surface area contributed by atoms with Gasteiger partial charge in [0.05, 0.1) is 17.7 Å². The predicted molar refractivity (Wildman–Crippen MR) is 110 cm³/mol. The molecule has 2 fully saturated rings. The van der Waals surface area contributed by atoms with E-state index in [9.17, 15) is 15.0 Å². The Morgan fingerprint density at radius 1 is 1.17 bits per heavy atom. The average Bonchev–Trinajstić information content (AvgIpc) is 2.92. The van der Waals surface area contributed by atoms with Crippen LogP contribution in [0.5, 0.6) is 11.5 Å². The summed E-state index contributed by atoms with van der Waals surface area (Å²) < 4.78 is 7.06. The average molecular weight is 400 g/mol. The minimum atomic E-state index is -0.396. The zero-order valence-corrected chi connectivity index (χ0v) is 18.1. The fourth-order valence-electron chi connectivity index (χ4n) is 7.24. The molecule has 6 atom stereocenters. The van der Waals surface area contributed by atoms with Crippen LogP contribution in [0.15, 0.2) is 6.07 Å². The van der Waals surface area contributed by atoms with Gasteiger partial charge in [0.1, 0.15) is 17.1 Å². The lowest BCUT2D eigenvalue weighted by Crippen LogP contribution is -2.70. The Hall–Kier alpha value is -1.75. The molecule has 2 saturated carbocycles. The number of phenolic OH excluding ortho intramolecular Hbond substituents is 1. The van der Waals surface area contributed by atoms with E-state index in [1.165, 1.54) is 0 Å². The molecule has 0 saturated heterocycles. The summed E-state index contributed by atoms with van der Waals surface area (Å²) in [7, 11) is 0. The maximum atomic E-state index is 12.4. The van der Waals surface area contributed by atoms with Gasteiger partial charge in [0.2, 0.25) is 0 Å². The molecule has 1 aromatic carbocycles. The molecule has 2 heterocycles. The largest absolute Gasteiger partial charge is 0.508 e. The number of carbonyl (C=O) groups excluding carboxylic acids is 1. The summed E-state index contributed by atoms with van der Waals surface area (Å²) in [5.41, 5.74) is 1.50. The van der Waals surface area contributed by atoms with Crippen LogP contribution in [0.3, 0.4) is 0 Å². The minimum absolute atomic E-state index is 0.130. The quantitative estimate of drug-likeness (QED) is 0.614. The van der Waals surface area contributed by atoms with Crippen LogP contribution in [0.2, 0.25) is 0 Å². The van der Waals surface area contributed by atoms with Crippen molar-refractivity contribution in [2.75, 3.05) is 0 Å². The SMILES string of the molecule is C[C@@H]1NC(=O)c2cc(O)c3c(c21)O[C@@]12CC[C@H](O)C(C)(C)[C@@H]1CC[C@H](C)[C@@]2(C)C3. The van der Waals surface area contributed by atoms with Crippen LogP contribution in [0.4, 0.5) is 0 Å². The van der Waals surface area contributed by atoms with Gasteiger partial charge in [-0.2, -0.15) is 0 Å². The van der Waals surface area contributed by atoms with Gasteiger partial charge in [0, 0.05) is 22.5 Å². The number of fused-ring (bicyclic) bond motifs is 3. The van der Waals surface area contributed by atoms with Crippen LogP contribution in [-0.2, 0) is 6.42 Å². The molecule has 0 unspecified atom stereocenters. The van der Waals surface area contributed by atoms with E-state index in [4.69, 9.17) is 4.74 Å². The summed E-state index contributed by atoms with van der Waals surface area (Å²) in [4.78, 5) is 12.4. The molecule has 1 aromatic rings. The lowest BCUT2D eigenvalue weighted by molar-refractivity contribution is -0.233. The number of ether oxygens (including phenoxy) is 1. The van der Waals surface area contributed by atoms with Crippen LogP contribution < -0.4 is 10.1 Å². The molecular formula is C24H33NO4. The fraction of sp³-hybridized carbons (Fsp3) is 0.708. The van der Waals surface area contributed by atoms with Crippen LogP contribution in [0, 0.1) is 22.7 Å². The molecule has 3 N–H and O–H groups in total. The van der Waals surface area contributed by atoms with Gasteiger partial charge in [-0.3, -0.25) is 4.79 Å². The van der Waals surface area contributed by atoms with Gasteiger partial charge >= 0.3 is 0 Å². The molecule has 5 heteroatoms.